The van der Waals surface area contributed by atoms with Gasteiger partial charge < -0.3 is 14.4 Å². The zero-order valence-electron chi connectivity index (χ0n) is 11.1. The minimum absolute atomic E-state index is 0.156. The minimum Gasteiger partial charge on any atom is -0.496 e. The molecule has 0 saturated carbocycles. The van der Waals surface area contributed by atoms with Gasteiger partial charge in [-0.05, 0) is 37.1 Å². The van der Waals surface area contributed by atoms with Crippen LogP contribution >= 0.6 is 0 Å². The quantitative estimate of drug-likeness (QED) is 0.915. The highest BCUT2D eigenvalue weighted by Crippen LogP contribution is 2.33. The number of hydrogen-bond acceptors (Lipinski definition) is 4. The molecule has 0 saturated heterocycles. The Bertz CT molecular complexity index is 616. The second-order valence-corrected chi connectivity index (χ2v) is 4.39. The third-order valence-electron chi connectivity index (χ3n) is 2.97. The molecule has 2 rings (SSSR count). The van der Waals surface area contributed by atoms with Gasteiger partial charge in [0, 0.05) is 6.07 Å². The van der Waals surface area contributed by atoms with Crippen molar-refractivity contribution in [1.29, 1.82) is 0 Å². The van der Waals surface area contributed by atoms with Gasteiger partial charge in [0.2, 0.25) is 0 Å². The highest BCUT2D eigenvalue weighted by molar-refractivity contribution is 5.72. The lowest BCUT2D eigenvalue weighted by Crippen LogP contribution is -1.99. The Kier molecular flexibility index (Phi) is 3.55. The lowest BCUT2D eigenvalue weighted by Gasteiger charge is -2.09. The zero-order valence-corrected chi connectivity index (χ0v) is 11.1. The molecule has 5 heteroatoms. The molecule has 1 heterocycles. The van der Waals surface area contributed by atoms with Crippen LogP contribution in [0.1, 0.15) is 16.8 Å². The van der Waals surface area contributed by atoms with E-state index in [9.17, 15) is 4.79 Å². The van der Waals surface area contributed by atoms with Crippen molar-refractivity contribution in [2.24, 2.45) is 0 Å². The maximum absolute atomic E-state index is 10.6. The number of carboxylic acid groups (broad SMARTS) is 1. The number of aryl methyl sites for hydroxylation is 2. The van der Waals surface area contributed by atoms with Crippen LogP contribution in [0.15, 0.2) is 22.7 Å². The molecule has 0 fully saturated rings. The summed E-state index contributed by atoms with van der Waals surface area (Å²) in [7, 11) is 1.59. The molecule has 0 radical (unpaired) electrons. The van der Waals surface area contributed by atoms with E-state index < -0.39 is 5.97 Å². The van der Waals surface area contributed by atoms with Gasteiger partial charge >= 0.3 is 5.97 Å². The van der Waals surface area contributed by atoms with Gasteiger partial charge in [-0.3, -0.25) is 4.79 Å². The fourth-order valence-corrected chi connectivity index (χ4v) is 1.83. The lowest BCUT2D eigenvalue weighted by molar-refractivity contribution is -0.136. The normalized spacial score (nSPS) is 10.5. The standard InChI is InChI=1S/C14H15NO4/c1-8-4-11(12(18-3)5-9(8)2)13-6-10(15-19-13)7-14(16)17/h4-6H,7H2,1-3H3,(H,16,17). The fraction of sp³-hybridized carbons (Fsp3) is 0.286. The van der Waals surface area contributed by atoms with Crippen molar-refractivity contribution in [3.05, 3.63) is 35.0 Å². The predicted molar refractivity (Wildman–Crippen MR) is 69.3 cm³/mol. The molecule has 1 aromatic carbocycles. The molecule has 19 heavy (non-hydrogen) atoms. The average molecular weight is 261 g/mol. The number of aromatic nitrogens is 1. The molecular weight excluding hydrogens is 246 g/mol. The van der Waals surface area contributed by atoms with Gasteiger partial charge in [-0.25, -0.2) is 0 Å². The van der Waals surface area contributed by atoms with Crippen LogP contribution < -0.4 is 4.74 Å². The molecule has 1 N–H and O–H groups in total. The van der Waals surface area contributed by atoms with Gasteiger partial charge in [0.25, 0.3) is 0 Å². The van der Waals surface area contributed by atoms with E-state index in [0.717, 1.165) is 16.7 Å². The fourth-order valence-electron chi connectivity index (χ4n) is 1.83. The van der Waals surface area contributed by atoms with Crippen LogP contribution in [-0.4, -0.2) is 23.3 Å². The first-order chi connectivity index (χ1) is 9.01. The van der Waals surface area contributed by atoms with Crippen LogP contribution in [0.3, 0.4) is 0 Å². The summed E-state index contributed by atoms with van der Waals surface area (Å²) in [6, 6.07) is 5.49. The largest absolute Gasteiger partial charge is 0.496 e. The lowest BCUT2D eigenvalue weighted by atomic mass is 10.0. The summed E-state index contributed by atoms with van der Waals surface area (Å²) in [5.41, 5.74) is 3.38. The van der Waals surface area contributed by atoms with E-state index in [4.69, 9.17) is 14.4 Å². The summed E-state index contributed by atoms with van der Waals surface area (Å²) in [5, 5.41) is 12.5. The van der Waals surface area contributed by atoms with Crippen molar-refractivity contribution in [3.8, 4) is 17.1 Å². The molecule has 0 atom stereocenters. The second kappa shape index (κ2) is 5.14. The van der Waals surface area contributed by atoms with Crippen LogP contribution in [0, 0.1) is 13.8 Å². The number of methoxy groups -OCH3 is 1. The monoisotopic (exact) mass is 261 g/mol. The Morgan fingerprint density at radius 2 is 2.00 bits per heavy atom. The topological polar surface area (TPSA) is 72.6 Å². The predicted octanol–water partition coefficient (Wildman–Crippen LogP) is 2.59. The van der Waals surface area contributed by atoms with Crippen molar-refractivity contribution in [3.63, 3.8) is 0 Å². The number of carboxylic acids is 1. The minimum atomic E-state index is -0.938. The Morgan fingerprint density at radius 3 is 2.63 bits per heavy atom. The molecule has 100 valence electrons. The van der Waals surface area contributed by atoms with Crippen LogP contribution in [0.5, 0.6) is 5.75 Å². The van der Waals surface area contributed by atoms with E-state index in [1.54, 1.807) is 13.2 Å². The van der Waals surface area contributed by atoms with Gasteiger partial charge in [-0.2, -0.15) is 0 Å². The first kappa shape index (κ1) is 13.1. The summed E-state index contributed by atoms with van der Waals surface area (Å²) < 4.78 is 10.5. The van der Waals surface area contributed by atoms with E-state index in [2.05, 4.69) is 5.16 Å². The number of nitrogens with zero attached hydrogens (tertiary/aromatic N) is 1. The first-order valence-electron chi connectivity index (χ1n) is 5.84. The summed E-state index contributed by atoms with van der Waals surface area (Å²) in [5.74, 6) is 0.254. The molecule has 0 aliphatic carbocycles. The molecule has 2 aromatic rings. The molecule has 0 bridgehead atoms. The van der Waals surface area contributed by atoms with E-state index in [0.29, 0.717) is 17.2 Å². The van der Waals surface area contributed by atoms with Crippen LogP contribution in [0.2, 0.25) is 0 Å². The third kappa shape index (κ3) is 2.76. The maximum atomic E-state index is 10.6. The summed E-state index contributed by atoms with van der Waals surface area (Å²) in [6.07, 6.45) is -0.156. The summed E-state index contributed by atoms with van der Waals surface area (Å²) in [6.45, 7) is 3.99. The van der Waals surface area contributed by atoms with Crippen LogP contribution in [0.4, 0.5) is 0 Å². The molecule has 0 unspecified atom stereocenters. The van der Waals surface area contributed by atoms with Crippen LogP contribution in [-0.2, 0) is 11.2 Å². The molecular formula is C14H15NO4. The van der Waals surface area contributed by atoms with E-state index in [-0.39, 0.29) is 6.42 Å². The first-order valence-corrected chi connectivity index (χ1v) is 5.84. The molecule has 0 aliphatic heterocycles. The van der Waals surface area contributed by atoms with Crippen molar-refractivity contribution >= 4 is 5.97 Å². The second-order valence-electron chi connectivity index (χ2n) is 4.39. The van der Waals surface area contributed by atoms with Gasteiger partial charge in [0.1, 0.15) is 5.75 Å². The van der Waals surface area contributed by atoms with Crippen molar-refractivity contribution < 1.29 is 19.2 Å². The highest BCUT2D eigenvalue weighted by atomic mass is 16.5. The molecule has 5 nitrogen and oxygen atoms in total. The number of aliphatic carboxylic acids is 1. The van der Waals surface area contributed by atoms with Gasteiger partial charge in [0.15, 0.2) is 5.76 Å². The van der Waals surface area contributed by atoms with Gasteiger partial charge in [0.05, 0.1) is 24.8 Å². The third-order valence-corrected chi connectivity index (χ3v) is 2.97. The maximum Gasteiger partial charge on any atom is 0.309 e. The van der Waals surface area contributed by atoms with E-state index in [1.807, 2.05) is 26.0 Å². The van der Waals surface area contributed by atoms with Gasteiger partial charge in [-0.1, -0.05) is 5.16 Å². The van der Waals surface area contributed by atoms with Crippen molar-refractivity contribution in [1.82, 2.24) is 5.16 Å². The SMILES string of the molecule is COc1cc(C)c(C)cc1-c1cc(CC(=O)O)no1. The Balaban J connectivity index is 2.43. The Morgan fingerprint density at radius 1 is 1.32 bits per heavy atom. The number of benzene rings is 1. The zero-order chi connectivity index (χ0) is 14.0. The average Bonchev–Trinajstić information content (AvgIpc) is 2.79. The Hall–Kier alpha value is -2.30. The van der Waals surface area contributed by atoms with Crippen molar-refractivity contribution in [2.75, 3.05) is 7.11 Å². The molecule has 0 spiro atoms. The summed E-state index contributed by atoms with van der Waals surface area (Å²) in [4.78, 5) is 10.6. The van der Waals surface area contributed by atoms with Gasteiger partial charge in [-0.15, -0.1) is 0 Å². The number of rotatable bonds is 4. The molecule has 0 amide bonds. The number of hydrogen-bond donors (Lipinski definition) is 1. The van der Waals surface area contributed by atoms with E-state index >= 15 is 0 Å². The smallest absolute Gasteiger partial charge is 0.309 e. The van der Waals surface area contributed by atoms with Crippen LogP contribution in [0.25, 0.3) is 11.3 Å². The molecule has 0 aliphatic rings. The number of carbonyl (C=O) groups is 1. The molecule has 1 aromatic heterocycles. The summed E-state index contributed by atoms with van der Waals surface area (Å²) >= 11 is 0. The Labute approximate surface area is 110 Å². The van der Waals surface area contributed by atoms with Crippen molar-refractivity contribution in [2.45, 2.75) is 20.3 Å². The number of ether oxygens (including phenoxy) is 1. The highest BCUT2D eigenvalue weighted by Gasteiger charge is 2.14. The van der Waals surface area contributed by atoms with E-state index in [1.165, 1.54) is 0 Å².